The average molecular weight is 398 g/mol. The van der Waals surface area contributed by atoms with Crippen molar-refractivity contribution in [1.29, 1.82) is 0 Å². The first kappa shape index (κ1) is 20.1. The van der Waals surface area contributed by atoms with Gasteiger partial charge in [0, 0.05) is 35.8 Å². The highest BCUT2D eigenvalue weighted by Gasteiger charge is 2.29. The standard InChI is InChI=1S/C22H17F3N2O2/c23-22(24,25)18-9-6-16(7-10-18)8-11-21(28)27-19-4-1-5-20(13-19)29-15-17-3-2-12-26-14-17/h1-14H,15H2,(H,27,28)/b11-8+. The largest absolute Gasteiger partial charge is 0.489 e. The number of aromatic nitrogens is 1. The lowest BCUT2D eigenvalue weighted by Crippen LogP contribution is -2.08. The number of halogens is 3. The number of alkyl halides is 3. The number of nitrogens with zero attached hydrogens (tertiary/aromatic N) is 1. The van der Waals surface area contributed by atoms with E-state index in [-0.39, 0.29) is 0 Å². The maximum absolute atomic E-state index is 12.6. The second kappa shape index (κ2) is 9.05. The molecule has 2 aromatic carbocycles. The van der Waals surface area contributed by atoms with Crippen LogP contribution in [0.2, 0.25) is 0 Å². The van der Waals surface area contributed by atoms with E-state index in [0.29, 0.717) is 23.6 Å². The van der Waals surface area contributed by atoms with Crippen LogP contribution in [0.25, 0.3) is 6.08 Å². The summed E-state index contributed by atoms with van der Waals surface area (Å²) >= 11 is 0. The molecule has 0 bridgehead atoms. The van der Waals surface area contributed by atoms with Gasteiger partial charge < -0.3 is 10.1 Å². The number of hydrogen-bond acceptors (Lipinski definition) is 3. The van der Waals surface area contributed by atoms with Crippen LogP contribution in [0.5, 0.6) is 5.75 Å². The summed E-state index contributed by atoms with van der Waals surface area (Å²) in [6.07, 6.45) is 1.70. The Morgan fingerprint density at radius 1 is 1.07 bits per heavy atom. The van der Waals surface area contributed by atoms with Gasteiger partial charge in [0.2, 0.25) is 5.91 Å². The molecule has 1 heterocycles. The number of carbonyl (C=O) groups is 1. The van der Waals surface area contributed by atoms with Gasteiger partial charge in [0.25, 0.3) is 0 Å². The minimum absolute atomic E-state index is 0.346. The number of pyridine rings is 1. The molecule has 0 aliphatic carbocycles. The molecule has 0 radical (unpaired) electrons. The number of rotatable bonds is 6. The topological polar surface area (TPSA) is 51.2 Å². The first-order valence-corrected chi connectivity index (χ1v) is 8.68. The van der Waals surface area contributed by atoms with Crippen LogP contribution < -0.4 is 10.1 Å². The van der Waals surface area contributed by atoms with Gasteiger partial charge >= 0.3 is 6.18 Å². The van der Waals surface area contributed by atoms with Crippen molar-refractivity contribution in [1.82, 2.24) is 4.98 Å². The molecule has 1 N–H and O–H groups in total. The molecular formula is C22H17F3N2O2. The quantitative estimate of drug-likeness (QED) is 0.571. The van der Waals surface area contributed by atoms with Crippen molar-refractivity contribution in [2.75, 3.05) is 5.32 Å². The fourth-order valence-corrected chi connectivity index (χ4v) is 2.45. The summed E-state index contributed by atoms with van der Waals surface area (Å²) in [4.78, 5) is 16.1. The van der Waals surface area contributed by atoms with E-state index in [1.54, 1.807) is 36.7 Å². The van der Waals surface area contributed by atoms with Crippen molar-refractivity contribution >= 4 is 17.7 Å². The molecule has 0 aliphatic rings. The van der Waals surface area contributed by atoms with Crippen LogP contribution in [0, 0.1) is 0 Å². The van der Waals surface area contributed by atoms with Crippen molar-refractivity contribution in [3.8, 4) is 5.75 Å². The lowest BCUT2D eigenvalue weighted by molar-refractivity contribution is -0.137. The van der Waals surface area contributed by atoms with E-state index in [2.05, 4.69) is 10.3 Å². The molecule has 0 spiro atoms. The van der Waals surface area contributed by atoms with Gasteiger partial charge in [-0.2, -0.15) is 13.2 Å². The maximum atomic E-state index is 12.6. The van der Waals surface area contributed by atoms with Gasteiger partial charge in [-0.15, -0.1) is 0 Å². The lowest BCUT2D eigenvalue weighted by atomic mass is 10.1. The van der Waals surface area contributed by atoms with Crippen LogP contribution in [0.1, 0.15) is 16.7 Å². The zero-order chi connectivity index (χ0) is 20.7. The highest BCUT2D eigenvalue weighted by atomic mass is 19.4. The molecule has 1 amide bonds. The molecule has 148 valence electrons. The Labute approximate surface area is 165 Å². The van der Waals surface area contributed by atoms with Crippen LogP contribution in [0.3, 0.4) is 0 Å². The molecule has 0 saturated carbocycles. The maximum Gasteiger partial charge on any atom is 0.416 e. The molecule has 0 atom stereocenters. The Bertz CT molecular complexity index is 985. The fourth-order valence-electron chi connectivity index (χ4n) is 2.45. The summed E-state index contributed by atoms with van der Waals surface area (Å²) in [5.74, 6) is 0.174. The first-order valence-electron chi connectivity index (χ1n) is 8.68. The highest BCUT2D eigenvalue weighted by Crippen LogP contribution is 2.29. The first-order chi connectivity index (χ1) is 13.9. The van der Waals surface area contributed by atoms with E-state index in [0.717, 1.165) is 17.7 Å². The van der Waals surface area contributed by atoms with Gasteiger partial charge in [0.1, 0.15) is 12.4 Å². The number of nitrogens with one attached hydrogen (secondary N) is 1. The average Bonchev–Trinajstić information content (AvgIpc) is 2.71. The van der Waals surface area contributed by atoms with Crippen molar-refractivity contribution in [2.45, 2.75) is 12.8 Å². The van der Waals surface area contributed by atoms with Crippen LogP contribution in [-0.4, -0.2) is 10.9 Å². The summed E-state index contributed by atoms with van der Waals surface area (Å²) in [6.45, 7) is 0.346. The highest BCUT2D eigenvalue weighted by molar-refractivity contribution is 6.02. The summed E-state index contributed by atoms with van der Waals surface area (Å²) in [5.41, 5.74) is 1.21. The molecular weight excluding hydrogens is 381 g/mol. The second-order valence-electron chi connectivity index (χ2n) is 6.12. The predicted molar refractivity (Wildman–Crippen MR) is 104 cm³/mol. The number of benzene rings is 2. The molecule has 0 aliphatic heterocycles. The van der Waals surface area contributed by atoms with E-state index in [1.807, 2.05) is 12.1 Å². The van der Waals surface area contributed by atoms with E-state index in [9.17, 15) is 18.0 Å². The monoisotopic (exact) mass is 398 g/mol. The Kier molecular flexibility index (Phi) is 6.29. The van der Waals surface area contributed by atoms with Crippen molar-refractivity contribution in [2.24, 2.45) is 0 Å². The smallest absolute Gasteiger partial charge is 0.416 e. The van der Waals surface area contributed by atoms with Gasteiger partial charge in [-0.1, -0.05) is 24.3 Å². The number of carbonyl (C=O) groups excluding carboxylic acids is 1. The Hall–Kier alpha value is -3.61. The molecule has 4 nitrogen and oxygen atoms in total. The summed E-state index contributed by atoms with van der Waals surface area (Å²) in [6, 6.07) is 15.2. The molecule has 0 unspecified atom stereocenters. The van der Waals surface area contributed by atoms with E-state index >= 15 is 0 Å². The van der Waals surface area contributed by atoms with E-state index in [4.69, 9.17) is 4.74 Å². The zero-order valence-corrected chi connectivity index (χ0v) is 15.2. The number of hydrogen-bond donors (Lipinski definition) is 1. The second-order valence-corrected chi connectivity index (χ2v) is 6.12. The minimum Gasteiger partial charge on any atom is -0.489 e. The zero-order valence-electron chi connectivity index (χ0n) is 15.2. The van der Waals surface area contributed by atoms with Crippen LogP contribution in [-0.2, 0) is 17.6 Å². The van der Waals surface area contributed by atoms with E-state index < -0.39 is 17.6 Å². The van der Waals surface area contributed by atoms with E-state index in [1.165, 1.54) is 24.3 Å². The van der Waals surface area contributed by atoms with Gasteiger partial charge in [-0.25, -0.2) is 0 Å². The molecule has 3 rings (SSSR count). The molecule has 0 saturated heterocycles. The Morgan fingerprint density at radius 3 is 2.55 bits per heavy atom. The number of amides is 1. The van der Waals surface area contributed by atoms with Gasteiger partial charge in [-0.05, 0) is 42.0 Å². The Balaban J connectivity index is 1.57. The van der Waals surface area contributed by atoms with Crippen LogP contribution in [0.4, 0.5) is 18.9 Å². The van der Waals surface area contributed by atoms with Crippen LogP contribution in [0.15, 0.2) is 79.1 Å². The van der Waals surface area contributed by atoms with Gasteiger partial charge in [0.15, 0.2) is 0 Å². The van der Waals surface area contributed by atoms with Gasteiger partial charge in [0.05, 0.1) is 5.56 Å². The molecule has 0 fully saturated rings. The molecule has 3 aromatic rings. The molecule has 1 aromatic heterocycles. The SMILES string of the molecule is O=C(/C=C/c1ccc(C(F)(F)F)cc1)Nc1cccc(OCc2cccnc2)c1. The third-order valence-corrected chi connectivity index (χ3v) is 3.90. The normalized spacial score (nSPS) is 11.4. The van der Waals surface area contributed by atoms with Crippen molar-refractivity contribution in [3.05, 3.63) is 95.8 Å². The van der Waals surface area contributed by atoms with Gasteiger partial charge in [-0.3, -0.25) is 9.78 Å². The number of anilines is 1. The molecule has 7 heteroatoms. The summed E-state index contributed by atoms with van der Waals surface area (Å²) in [5, 5.41) is 2.69. The lowest BCUT2D eigenvalue weighted by Gasteiger charge is -2.08. The Morgan fingerprint density at radius 2 is 1.86 bits per heavy atom. The minimum atomic E-state index is -4.39. The number of ether oxygens (including phenoxy) is 1. The fraction of sp³-hybridized carbons (Fsp3) is 0.0909. The predicted octanol–water partition coefficient (Wildman–Crippen LogP) is 5.33. The third kappa shape index (κ3) is 6.21. The van der Waals surface area contributed by atoms with Crippen LogP contribution >= 0.6 is 0 Å². The van der Waals surface area contributed by atoms with Crippen molar-refractivity contribution in [3.63, 3.8) is 0 Å². The molecule has 29 heavy (non-hydrogen) atoms. The summed E-state index contributed by atoms with van der Waals surface area (Å²) < 4.78 is 43.4. The third-order valence-electron chi connectivity index (χ3n) is 3.90. The van der Waals surface area contributed by atoms with Crippen molar-refractivity contribution < 1.29 is 22.7 Å². The summed E-state index contributed by atoms with van der Waals surface area (Å²) in [7, 11) is 0.